The molecule has 2 amide bonds. The summed E-state index contributed by atoms with van der Waals surface area (Å²) in [6.45, 7) is 9.71. The minimum absolute atomic E-state index is 0.0313. The van der Waals surface area contributed by atoms with Gasteiger partial charge in [-0.05, 0) is 71.2 Å². The molecule has 0 heterocycles. The third-order valence-electron chi connectivity index (χ3n) is 4.38. The summed E-state index contributed by atoms with van der Waals surface area (Å²) in [6.07, 6.45) is -2.43. The molecular formula is C24H34NO9-. The van der Waals surface area contributed by atoms with Crippen molar-refractivity contribution < 1.29 is 43.2 Å². The number of nitrogens with zero attached hydrogens (tertiary/aromatic N) is 1. The third kappa shape index (κ3) is 9.68. The van der Waals surface area contributed by atoms with Gasteiger partial charge in [-0.3, -0.25) is 4.79 Å². The molecule has 1 unspecified atom stereocenters. The van der Waals surface area contributed by atoms with Gasteiger partial charge in [0, 0.05) is 12.4 Å². The van der Waals surface area contributed by atoms with Gasteiger partial charge in [0.25, 0.3) is 0 Å². The van der Waals surface area contributed by atoms with Crippen LogP contribution < -0.4 is 9.84 Å². The average molecular weight is 481 g/mol. The summed E-state index contributed by atoms with van der Waals surface area (Å²) in [5, 5.41) is 11.2. The van der Waals surface area contributed by atoms with Crippen LogP contribution in [0.5, 0.6) is 5.75 Å². The minimum Gasteiger partial charge on any atom is -0.550 e. The van der Waals surface area contributed by atoms with Crippen molar-refractivity contribution in [1.29, 1.82) is 0 Å². The van der Waals surface area contributed by atoms with E-state index in [1.54, 1.807) is 59.7 Å². The first-order valence-electron chi connectivity index (χ1n) is 10.7. The lowest BCUT2D eigenvalue weighted by Gasteiger charge is -2.29. The Hall–Kier alpha value is -3.30. The Balaban J connectivity index is 3.43. The van der Waals surface area contributed by atoms with E-state index in [0.717, 1.165) is 12.0 Å². The Labute approximate surface area is 200 Å². The smallest absolute Gasteiger partial charge is 0.420 e. The molecule has 1 aromatic rings. The van der Waals surface area contributed by atoms with Crippen molar-refractivity contribution in [2.75, 3.05) is 14.2 Å². The van der Waals surface area contributed by atoms with Crippen LogP contribution >= 0.6 is 0 Å². The highest BCUT2D eigenvalue weighted by Crippen LogP contribution is 2.25. The average Bonchev–Trinajstić information content (AvgIpc) is 2.68. The molecule has 10 nitrogen and oxygen atoms in total. The molecule has 0 saturated heterocycles. The lowest BCUT2D eigenvalue weighted by Crippen LogP contribution is -2.43. The zero-order valence-electron chi connectivity index (χ0n) is 21.1. The molecule has 0 aromatic heterocycles. The number of hydrogen-bond donors (Lipinski definition) is 0. The van der Waals surface area contributed by atoms with Crippen molar-refractivity contribution in [2.24, 2.45) is 5.92 Å². The van der Waals surface area contributed by atoms with Crippen molar-refractivity contribution >= 4 is 24.1 Å². The van der Waals surface area contributed by atoms with Crippen LogP contribution in [0, 0.1) is 5.92 Å². The van der Waals surface area contributed by atoms with Gasteiger partial charge in [0.05, 0.1) is 26.7 Å². The van der Waals surface area contributed by atoms with E-state index in [4.69, 9.17) is 18.9 Å². The largest absolute Gasteiger partial charge is 0.550 e. The molecule has 0 fully saturated rings. The van der Waals surface area contributed by atoms with Crippen LogP contribution in [-0.4, -0.2) is 54.4 Å². The molecule has 0 N–H and O–H groups in total. The lowest BCUT2D eigenvalue weighted by atomic mass is 9.92. The topological polar surface area (TPSA) is 132 Å². The second-order valence-corrected chi connectivity index (χ2v) is 9.68. The fourth-order valence-electron chi connectivity index (χ4n) is 2.96. The van der Waals surface area contributed by atoms with Crippen LogP contribution in [0.1, 0.15) is 59.1 Å². The summed E-state index contributed by atoms with van der Waals surface area (Å²) in [5.74, 6) is -2.73. The van der Waals surface area contributed by atoms with E-state index in [9.17, 15) is 24.3 Å². The number of rotatable bonds is 8. The van der Waals surface area contributed by atoms with Crippen molar-refractivity contribution in [3.05, 3.63) is 29.3 Å². The van der Waals surface area contributed by atoms with Crippen LogP contribution in [0.3, 0.4) is 0 Å². The SMILES string of the molecule is COC(=O)C(CC(=O)[O-])Cc1ccc(OC)cc1CN(C(=O)OC(C)(C)C)C(=O)OC(C)(C)C. The predicted octanol–water partition coefficient (Wildman–Crippen LogP) is 2.84. The number of carbonyl (C=O) groups excluding carboxylic acids is 4. The van der Waals surface area contributed by atoms with Gasteiger partial charge in [-0.2, -0.15) is 0 Å². The maximum absolute atomic E-state index is 12.9. The Morgan fingerprint density at radius 1 is 0.912 bits per heavy atom. The number of hydrogen-bond acceptors (Lipinski definition) is 9. The van der Waals surface area contributed by atoms with Crippen molar-refractivity contribution in [3.63, 3.8) is 0 Å². The first-order chi connectivity index (χ1) is 15.6. The van der Waals surface area contributed by atoms with Crippen molar-refractivity contribution in [1.82, 2.24) is 4.90 Å². The molecule has 1 rings (SSSR count). The van der Waals surface area contributed by atoms with Gasteiger partial charge in [-0.25, -0.2) is 14.5 Å². The highest BCUT2D eigenvalue weighted by atomic mass is 16.6. The number of carbonyl (C=O) groups is 4. The van der Waals surface area contributed by atoms with E-state index in [-0.39, 0.29) is 13.0 Å². The molecule has 0 aliphatic heterocycles. The van der Waals surface area contributed by atoms with Gasteiger partial charge < -0.3 is 28.8 Å². The molecule has 34 heavy (non-hydrogen) atoms. The number of carboxylic acid groups (broad SMARTS) is 1. The Morgan fingerprint density at radius 3 is 1.85 bits per heavy atom. The standard InChI is InChI=1S/C24H35NO9/c1-23(2,3)33-21(29)25(22(30)34-24(4,5)6)14-17-12-18(31-7)10-9-15(17)11-16(13-19(26)27)20(28)32-8/h9-10,12,16H,11,13-14H2,1-8H3,(H,26,27)/p-1. The zero-order valence-corrected chi connectivity index (χ0v) is 21.1. The Kier molecular flexibility index (Phi) is 9.90. The number of amides is 2. The van der Waals surface area contributed by atoms with Crippen LogP contribution in [0.25, 0.3) is 0 Å². The van der Waals surface area contributed by atoms with Crippen LogP contribution in [0.4, 0.5) is 9.59 Å². The highest BCUT2D eigenvalue weighted by molar-refractivity contribution is 5.88. The van der Waals surface area contributed by atoms with Gasteiger partial charge in [-0.15, -0.1) is 0 Å². The van der Waals surface area contributed by atoms with Gasteiger partial charge in [0.1, 0.15) is 17.0 Å². The van der Waals surface area contributed by atoms with Crippen molar-refractivity contribution in [2.45, 2.75) is 72.1 Å². The number of benzene rings is 1. The molecule has 0 aliphatic carbocycles. The van der Waals surface area contributed by atoms with E-state index >= 15 is 0 Å². The van der Waals surface area contributed by atoms with E-state index < -0.39 is 47.7 Å². The molecule has 1 atom stereocenters. The first-order valence-corrected chi connectivity index (χ1v) is 10.7. The van der Waals surface area contributed by atoms with Gasteiger partial charge >= 0.3 is 18.2 Å². The molecule has 10 heteroatoms. The quantitative estimate of drug-likeness (QED) is 0.407. The Bertz CT molecular complexity index is 869. The van der Waals surface area contributed by atoms with E-state index in [0.29, 0.717) is 16.9 Å². The second kappa shape index (κ2) is 11.7. The number of esters is 1. The highest BCUT2D eigenvalue weighted by Gasteiger charge is 2.32. The van der Waals surface area contributed by atoms with E-state index in [1.165, 1.54) is 7.11 Å². The van der Waals surface area contributed by atoms with Crippen LogP contribution in [0.2, 0.25) is 0 Å². The summed E-state index contributed by atoms with van der Waals surface area (Å²) in [6, 6.07) is 4.84. The fraction of sp³-hybridized carbons (Fsp3) is 0.583. The predicted molar refractivity (Wildman–Crippen MR) is 120 cm³/mol. The molecule has 0 spiro atoms. The van der Waals surface area contributed by atoms with Gasteiger partial charge in [-0.1, -0.05) is 6.07 Å². The maximum Gasteiger partial charge on any atom is 0.420 e. The minimum atomic E-state index is -1.41. The van der Waals surface area contributed by atoms with Gasteiger partial charge in [0.15, 0.2) is 0 Å². The molecule has 0 aliphatic rings. The molecule has 0 radical (unpaired) electrons. The zero-order chi connectivity index (χ0) is 26.3. The number of methoxy groups -OCH3 is 2. The number of aliphatic carboxylic acids is 1. The first kappa shape index (κ1) is 28.7. The van der Waals surface area contributed by atoms with Crippen LogP contribution in [-0.2, 0) is 36.8 Å². The molecular weight excluding hydrogens is 446 g/mol. The van der Waals surface area contributed by atoms with Crippen molar-refractivity contribution in [3.8, 4) is 5.75 Å². The van der Waals surface area contributed by atoms with E-state index in [1.807, 2.05) is 0 Å². The fourth-order valence-corrected chi connectivity index (χ4v) is 2.96. The summed E-state index contributed by atoms with van der Waals surface area (Å²) < 4.78 is 20.8. The summed E-state index contributed by atoms with van der Waals surface area (Å²) in [7, 11) is 2.61. The molecule has 0 saturated carbocycles. The summed E-state index contributed by atoms with van der Waals surface area (Å²) in [5.41, 5.74) is -0.809. The number of carboxylic acids is 1. The van der Waals surface area contributed by atoms with Crippen LogP contribution in [0.15, 0.2) is 18.2 Å². The molecule has 0 bridgehead atoms. The number of imide groups is 1. The molecule has 190 valence electrons. The third-order valence-corrected chi connectivity index (χ3v) is 4.38. The normalized spacial score (nSPS) is 12.4. The molecule has 1 aromatic carbocycles. The van der Waals surface area contributed by atoms with E-state index in [2.05, 4.69) is 0 Å². The second-order valence-electron chi connectivity index (χ2n) is 9.68. The summed E-state index contributed by atoms with van der Waals surface area (Å²) >= 11 is 0. The summed E-state index contributed by atoms with van der Waals surface area (Å²) in [4.78, 5) is 49.9. The Morgan fingerprint density at radius 2 is 1.44 bits per heavy atom. The number of ether oxygens (including phenoxy) is 4. The maximum atomic E-state index is 12.9. The lowest BCUT2D eigenvalue weighted by molar-refractivity contribution is -0.306. The monoisotopic (exact) mass is 480 g/mol. The van der Waals surface area contributed by atoms with Gasteiger partial charge in [0.2, 0.25) is 0 Å².